The second kappa shape index (κ2) is 11.8. The summed E-state index contributed by atoms with van der Waals surface area (Å²) in [5.41, 5.74) is 1.24. The first-order valence-electron chi connectivity index (χ1n) is 11.2. The maximum absolute atomic E-state index is 12.9. The van der Waals surface area contributed by atoms with Gasteiger partial charge in [-0.3, -0.25) is 14.9 Å². The highest BCUT2D eigenvalue weighted by molar-refractivity contribution is 9.11. The maximum atomic E-state index is 12.9. The Morgan fingerprint density at radius 1 is 1.26 bits per heavy atom. The predicted octanol–water partition coefficient (Wildman–Crippen LogP) is 4.10. The third-order valence-corrected chi connectivity index (χ3v) is 7.13. The van der Waals surface area contributed by atoms with Crippen LogP contribution in [0, 0.1) is 0 Å². The second-order valence-corrected chi connectivity index (χ2v) is 10.4. The van der Waals surface area contributed by atoms with Gasteiger partial charge < -0.3 is 24.0 Å². The van der Waals surface area contributed by atoms with Gasteiger partial charge in [-0.15, -0.1) is 11.3 Å². The molecule has 2 saturated heterocycles. The van der Waals surface area contributed by atoms with E-state index in [0.29, 0.717) is 38.4 Å². The van der Waals surface area contributed by atoms with Gasteiger partial charge in [-0.05, 0) is 65.3 Å². The van der Waals surface area contributed by atoms with Crippen LogP contribution in [0.5, 0.6) is 0 Å². The number of ether oxygens (including phenoxy) is 3. The number of nitrogens with zero attached hydrogens (tertiary/aromatic N) is 2. The number of amides is 3. The third-order valence-electron chi connectivity index (χ3n) is 5.54. The summed E-state index contributed by atoms with van der Waals surface area (Å²) in [7, 11) is 0. The number of hydrogen-bond acceptors (Lipinski definition) is 7. The SMILES string of the molecule is CCO[C@@H]1C[C@@H](OC(=O)Nc2ccc(N3CCOCC3=O)cc2)N(C(=O)C=Cc2ccc(Br)s2)C1. The maximum Gasteiger partial charge on any atom is 0.413 e. The summed E-state index contributed by atoms with van der Waals surface area (Å²) in [6.07, 6.45) is 1.98. The van der Waals surface area contributed by atoms with Crippen LogP contribution < -0.4 is 10.2 Å². The highest BCUT2D eigenvalue weighted by atomic mass is 79.9. The molecule has 0 unspecified atom stereocenters. The first-order valence-corrected chi connectivity index (χ1v) is 12.9. The number of halogens is 1. The van der Waals surface area contributed by atoms with E-state index < -0.39 is 12.3 Å². The van der Waals surface area contributed by atoms with E-state index in [1.807, 2.05) is 19.1 Å². The zero-order valence-electron chi connectivity index (χ0n) is 19.1. The standard InChI is InChI=1S/C24H26BrN3O6S/c1-2-33-18-13-23(28(14-18)21(29)10-8-19-7-9-20(25)35-19)34-24(31)26-16-3-5-17(6-4-16)27-11-12-32-15-22(27)30/h3-10,18,23H,2,11-15H2,1H3,(H,26,31)/t18-,23-/m1/s1. The molecule has 3 amide bonds. The van der Waals surface area contributed by atoms with Crippen LogP contribution in [0.4, 0.5) is 16.2 Å². The number of anilines is 2. The lowest BCUT2D eigenvalue weighted by atomic mass is 10.2. The molecule has 2 atom stereocenters. The number of thiophene rings is 1. The minimum Gasteiger partial charge on any atom is -0.425 e. The van der Waals surface area contributed by atoms with Gasteiger partial charge in [0.25, 0.3) is 5.91 Å². The zero-order chi connectivity index (χ0) is 24.8. The van der Waals surface area contributed by atoms with E-state index in [1.54, 1.807) is 35.2 Å². The van der Waals surface area contributed by atoms with Crippen LogP contribution in [0.15, 0.2) is 46.3 Å². The van der Waals surface area contributed by atoms with Crippen molar-refractivity contribution < 1.29 is 28.6 Å². The number of hydrogen-bond donors (Lipinski definition) is 1. The Labute approximate surface area is 215 Å². The average Bonchev–Trinajstić information content (AvgIpc) is 3.44. The van der Waals surface area contributed by atoms with E-state index in [1.165, 1.54) is 22.3 Å². The highest BCUT2D eigenvalue weighted by Gasteiger charge is 2.37. The third kappa shape index (κ3) is 6.69. The molecule has 2 aliphatic rings. The molecule has 0 radical (unpaired) electrons. The topological polar surface area (TPSA) is 97.4 Å². The quantitative estimate of drug-likeness (QED) is 0.509. The summed E-state index contributed by atoms with van der Waals surface area (Å²) in [5.74, 6) is -0.360. The minimum absolute atomic E-state index is 0.0612. The molecule has 2 aromatic rings. The van der Waals surface area contributed by atoms with Gasteiger partial charge in [0.2, 0.25) is 5.91 Å². The van der Waals surface area contributed by atoms with Gasteiger partial charge >= 0.3 is 6.09 Å². The van der Waals surface area contributed by atoms with Crippen molar-refractivity contribution >= 4 is 62.6 Å². The van der Waals surface area contributed by atoms with Gasteiger partial charge in [-0.1, -0.05) is 0 Å². The Hall–Kier alpha value is -2.73. The van der Waals surface area contributed by atoms with Gasteiger partial charge in [0.05, 0.1) is 23.0 Å². The number of likely N-dealkylation sites (tertiary alicyclic amines) is 1. The van der Waals surface area contributed by atoms with E-state index in [4.69, 9.17) is 14.2 Å². The van der Waals surface area contributed by atoms with Crippen LogP contribution in [-0.2, 0) is 23.8 Å². The van der Waals surface area contributed by atoms with E-state index in [9.17, 15) is 14.4 Å². The molecule has 3 heterocycles. The Kier molecular flexibility index (Phi) is 8.55. The van der Waals surface area contributed by atoms with E-state index in [0.717, 1.165) is 14.4 Å². The molecule has 0 saturated carbocycles. The zero-order valence-corrected chi connectivity index (χ0v) is 21.5. The molecule has 0 bridgehead atoms. The molecule has 2 fully saturated rings. The second-order valence-electron chi connectivity index (χ2n) is 7.91. The molecule has 1 aromatic heterocycles. The van der Waals surface area contributed by atoms with Crippen LogP contribution in [-0.4, -0.2) is 68.0 Å². The molecule has 11 heteroatoms. The van der Waals surface area contributed by atoms with Gasteiger partial charge in [0, 0.05) is 41.9 Å². The summed E-state index contributed by atoms with van der Waals surface area (Å²) in [6.45, 7) is 3.76. The number of benzene rings is 1. The normalized spacial score (nSPS) is 20.5. The number of carbonyl (C=O) groups is 3. The lowest BCUT2D eigenvalue weighted by Gasteiger charge is -2.27. The molecule has 0 spiro atoms. The molecule has 186 valence electrons. The summed E-state index contributed by atoms with van der Waals surface area (Å²) in [6, 6.07) is 10.7. The van der Waals surface area contributed by atoms with Gasteiger partial charge in [-0.25, -0.2) is 4.79 Å². The fourth-order valence-corrected chi connectivity index (χ4v) is 5.24. The number of nitrogens with one attached hydrogen (secondary N) is 1. The summed E-state index contributed by atoms with van der Waals surface area (Å²) >= 11 is 4.92. The van der Waals surface area contributed by atoms with Crippen molar-refractivity contribution in [1.82, 2.24) is 4.90 Å². The van der Waals surface area contributed by atoms with Crippen molar-refractivity contribution in [2.45, 2.75) is 25.7 Å². The molecular weight excluding hydrogens is 538 g/mol. The highest BCUT2D eigenvalue weighted by Crippen LogP contribution is 2.26. The first-order chi connectivity index (χ1) is 16.9. The van der Waals surface area contributed by atoms with Crippen LogP contribution >= 0.6 is 27.3 Å². The lowest BCUT2D eigenvalue weighted by molar-refractivity contribution is -0.132. The van der Waals surface area contributed by atoms with Crippen LogP contribution in [0.2, 0.25) is 0 Å². The molecule has 0 aliphatic carbocycles. The van der Waals surface area contributed by atoms with Crippen molar-refractivity contribution in [3.8, 4) is 0 Å². The van der Waals surface area contributed by atoms with Crippen molar-refractivity contribution in [2.24, 2.45) is 0 Å². The lowest BCUT2D eigenvalue weighted by Crippen LogP contribution is -2.41. The van der Waals surface area contributed by atoms with Crippen molar-refractivity contribution in [1.29, 1.82) is 0 Å². The Bertz CT molecular complexity index is 1090. The summed E-state index contributed by atoms with van der Waals surface area (Å²) in [5, 5.41) is 2.69. The minimum atomic E-state index is -0.746. The van der Waals surface area contributed by atoms with Crippen molar-refractivity contribution in [3.05, 3.63) is 51.1 Å². The van der Waals surface area contributed by atoms with Crippen LogP contribution in [0.25, 0.3) is 6.08 Å². The van der Waals surface area contributed by atoms with Gasteiger partial charge in [0.1, 0.15) is 6.61 Å². The summed E-state index contributed by atoms with van der Waals surface area (Å²) < 4.78 is 17.4. The number of morpholine rings is 1. The van der Waals surface area contributed by atoms with Crippen molar-refractivity contribution in [3.63, 3.8) is 0 Å². The largest absolute Gasteiger partial charge is 0.425 e. The smallest absolute Gasteiger partial charge is 0.413 e. The van der Waals surface area contributed by atoms with Crippen LogP contribution in [0.3, 0.4) is 0 Å². The molecule has 35 heavy (non-hydrogen) atoms. The fourth-order valence-electron chi connectivity index (χ4n) is 3.92. The molecule has 1 aromatic carbocycles. The Morgan fingerprint density at radius 3 is 2.74 bits per heavy atom. The fraction of sp³-hybridized carbons (Fsp3) is 0.375. The first kappa shape index (κ1) is 25.4. The molecule has 2 aliphatic heterocycles. The van der Waals surface area contributed by atoms with Crippen molar-refractivity contribution in [2.75, 3.05) is 43.1 Å². The molecule has 4 rings (SSSR count). The summed E-state index contributed by atoms with van der Waals surface area (Å²) in [4.78, 5) is 41.6. The van der Waals surface area contributed by atoms with E-state index in [-0.39, 0.29) is 24.5 Å². The molecule has 1 N–H and O–H groups in total. The van der Waals surface area contributed by atoms with Gasteiger partial charge in [0.15, 0.2) is 6.23 Å². The number of carbonyl (C=O) groups excluding carboxylic acids is 3. The molecule has 9 nitrogen and oxygen atoms in total. The monoisotopic (exact) mass is 563 g/mol. The number of rotatable bonds is 7. The van der Waals surface area contributed by atoms with E-state index >= 15 is 0 Å². The van der Waals surface area contributed by atoms with Gasteiger partial charge in [-0.2, -0.15) is 0 Å². The Morgan fingerprint density at radius 2 is 2.06 bits per heavy atom. The Balaban J connectivity index is 1.37. The van der Waals surface area contributed by atoms with E-state index in [2.05, 4.69) is 21.2 Å². The predicted molar refractivity (Wildman–Crippen MR) is 136 cm³/mol. The molecular formula is C24H26BrN3O6S. The average molecular weight is 564 g/mol. The van der Waals surface area contributed by atoms with Crippen LogP contribution in [0.1, 0.15) is 18.2 Å².